The maximum Gasteiger partial charge on any atom is 0.161 e. The van der Waals surface area contributed by atoms with Crippen molar-refractivity contribution in [1.29, 1.82) is 0 Å². The molecule has 1 aliphatic rings. The molecule has 0 spiro atoms. The molecule has 0 amide bonds. The van der Waals surface area contributed by atoms with Crippen LogP contribution in [-0.2, 0) is 0 Å². The highest BCUT2D eigenvalue weighted by molar-refractivity contribution is 5.47. The summed E-state index contributed by atoms with van der Waals surface area (Å²) in [4.78, 5) is 1.99. The average Bonchev–Trinajstić information content (AvgIpc) is 2.30. The predicted octanol–water partition coefficient (Wildman–Crippen LogP) is 2.69. The summed E-state index contributed by atoms with van der Waals surface area (Å²) in [6.07, 6.45) is 7.86. The van der Waals surface area contributed by atoms with Crippen LogP contribution < -0.4 is 5.73 Å². The van der Waals surface area contributed by atoms with Crippen LogP contribution in [0.2, 0.25) is 0 Å². The second kappa shape index (κ2) is 4.61. The minimum Gasteiger partial charge on any atom is -0.399 e. The molecule has 0 fully saturated rings. The van der Waals surface area contributed by atoms with Gasteiger partial charge in [0, 0.05) is 18.9 Å². The Hall–Kier alpha value is -2.10. The molecule has 82 valence electrons. The number of hydrogen-bond acceptors (Lipinski definition) is 4. The Kier molecular flexibility index (Phi) is 3.00. The van der Waals surface area contributed by atoms with Crippen LogP contribution >= 0.6 is 0 Å². The number of nitrogens with zero attached hydrogens (tertiary/aromatic N) is 3. The van der Waals surface area contributed by atoms with Crippen LogP contribution in [0.25, 0.3) is 0 Å². The van der Waals surface area contributed by atoms with Crippen LogP contribution in [0.4, 0.5) is 11.4 Å². The van der Waals surface area contributed by atoms with Crippen molar-refractivity contribution in [3.8, 4) is 0 Å². The highest BCUT2D eigenvalue weighted by Gasteiger charge is 2.07. The molecule has 0 aliphatic carbocycles. The van der Waals surface area contributed by atoms with Crippen LogP contribution in [-0.4, -0.2) is 18.1 Å². The lowest BCUT2D eigenvalue weighted by Crippen LogP contribution is -2.23. The lowest BCUT2D eigenvalue weighted by Gasteiger charge is -2.20. The monoisotopic (exact) mass is 214 g/mol. The van der Waals surface area contributed by atoms with E-state index < -0.39 is 0 Å². The zero-order valence-corrected chi connectivity index (χ0v) is 9.12. The van der Waals surface area contributed by atoms with Gasteiger partial charge in [-0.1, -0.05) is 6.08 Å². The predicted molar refractivity (Wildman–Crippen MR) is 65.2 cm³/mol. The fourth-order valence-electron chi connectivity index (χ4n) is 1.36. The quantitative estimate of drug-likeness (QED) is 0.608. The fraction of sp³-hybridized carbons (Fsp3) is 0.167. The van der Waals surface area contributed by atoms with Gasteiger partial charge in [-0.15, -0.1) is 0 Å². The first-order valence-electron chi connectivity index (χ1n) is 5.09. The topological polar surface area (TPSA) is 54.0 Å². The van der Waals surface area contributed by atoms with E-state index in [0.29, 0.717) is 0 Å². The first-order valence-corrected chi connectivity index (χ1v) is 5.09. The minimum absolute atomic E-state index is 0.0254. The molecule has 2 rings (SSSR count). The molecule has 1 heterocycles. The molecule has 1 aromatic rings. The van der Waals surface area contributed by atoms with Crippen molar-refractivity contribution in [3.05, 3.63) is 48.7 Å². The van der Waals surface area contributed by atoms with Gasteiger partial charge in [0.15, 0.2) is 6.17 Å². The number of nitrogens with two attached hydrogens (primary N) is 1. The Labute approximate surface area is 94.8 Å². The molecule has 16 heavy (non-hydrogen) atoms. The number of azo groups is 1. The Bertz CT molecular complexity index is 431. The Morgan fingerprint density at radius 1 is 1.19 bits per heavy atom. The van der Waals surface area contributed by atoms with E-state index in [0.717, 1.165) is 11.4 Å². The molecule has 1 unspecified atom stereocenters. The molecule has 1 atom stereocenters. The summed E-state index contributed by atoms with van der Waals surface area (Å²) in [5, 5.41) is 8.40. The van der Waals surface area contributed by atoms with Crippen molar-refractivity contribution in [2.24, 2.45) is 10.2 Å². The fourth-order valence-corrected chi connectivity index (χ4v) is 1.36. The zero-order valence-electron chi connectivity index (χ0n) is 9.12. The number of hydrogen-bond donors (Lipinski definition) is 1. The zero-order chi connectivity index (χ0) is 11.4. The van der Waals surface area contributed by atoms with Crippen LogP contribution in [0.1, 0.15) is 0 Å². The van der Waals surface area contributed by atoms with E-state index in [1.165, 1.54) is 0 Å². The molecular weight excluding hydrogens is 200 g/mol. The van der Waals surface area contributed by atoms with E-state index in [1.54, 1.807) is 0 Å². The first kappa shape index (κ1) is 10.4. The number of rotatable bonds is 2. The molecule has 1 aliphatic heterocycles. The number of allylic oxidation sites excluding steroid dienone is 2. The second-order valence-corrected chi connectivity index (χ2v) is 3.61. The molecular formula is C12H14N4. The van der Waals surface area contributed by atoms with Gasteiger partial charge in [0.25, 0.3) is 0 Å². The summed E-state index contributed by atoms with van der Waals surface area (Å²) in [7, 11) is 1.96. The highest BCUT2D eigenvalue weighted by atomic mass is 15.3. The summed E-state index contributed by atoms with van der Waals surface area (Å²) in [6, 6.07) is 7.33. The van der Waals surface area contributed by atoms with Crippen LogP contribution in [0, 0.1) is 0 Å². The number of anilines is 1. The van der Waals surface area contributed by atoms with E-state index in [2.05, 4.69) is 10.2 Å². The van der Waals surface area contributed by atoms with E-state index >= 15 is 0 Å². The summed E-state index contributed by atoms with van der Waals surface area (Å²) < 4.78 is 0. The van der Waals surface area contributed by atoms with Gasteiger partial charge in [0.05, 0.1) is 5.69 Å². The molecule has 0 radical (unpaired) electrons. The molecule has 0 saturated heterocycles. The van der Waals surface area contributed by atoms with Gasteiger partial charge in [0.1, 0.15) is 0 Å². The van der Waals surface area contributed by atoms with Crippen molar-refractivity contribution in [1.82, 2.24) is 4.90 Å². The van der Waals surface area contributed by atoms with Gasteiger partial charge in [-0.2, -0.15) is 10.2 Å². The molecule has 0 aromatic heterocycles. The third-order valence-electron chi connectivity index (χ3n) is 2.32. The smallest absolute Gasteiger partial charge is 0.161 e. The summed E-state index contributed by atoms with van der Waals surface area (Å²) in [5.41, 5.74) is 7.13. The normalized spacial score (nSPS) is 19.6. The van der Waals surface area contributed by atoms with Crippen molar-refractivity contribution in [2.45, 2.75) is 6.17 Å². The van der Waals surface area contributed by atoms with Crippen molar-refractivity contribution < 1.29 is 0 Å². The van der Waals surface area contributed by atoms with Gasteiger partial charge >= 0.3 is 0 Å². The van der Waals surface area contributed by atoms with Crippen molar-refractivity contribution >= 4 is 11.4 Å². The lowest BCUT2D eigenvalue weighted by molar-refractivity contribution is 0.380. The van der Waals surface area contributed by atoms with Crippen molar-refractivity contribution in [3.63, 3.8) is 0 Å². The summed E-state index contributed by atoms with van der Waals surface area (Å²) in [5.74, 6) is 0. The maximum absolute atomic E-state index is 5.59. The number of likely N-dealkylation sites (N-methyl/N-ethyl adjacent to an activating group) is 1. The molecule has 2 N–H and O–H groups in total. The van der Waals surface area contributed by atoms with Gasteiger partial charge in [-0.25, -0.2) is 0 Å². The number of nitrogen functional groups attached to an aromatic ring is 1. The third kappa shape index (κ3) is 2.48. The first-order chi connectivity index (χ1) is 7.75. The minimum atomic E-state index is -0.0254. The second-order valence-electron chi connectivity index (χ2n) is 3.61. The van der Waals surface area contributed by atoms with Gasteiger partial charge in [0.2, 0.25) is 0 Å². The standard InChI is InChI=1S/C12H14N4/c1-16-9-3-2-4-12(16)15-14-11-7-5-10(13)6-8-11/h2-9,12H,13H2,1H3. The van der Waals surface area contributed by atoms with Gasteiger partial charge < -0.3 is 10.6 Å². The molecule has 0 bridgehead atoms. The van der Waals surface area contributed by atoms with Crippen LogP contribution in [0.15, 0.2) is 58.9 Å². The summed E-state index contributed by atoms with van der Waals surface area (Å²) >= 11 is 0. The Morgan fingerprint density at radius 2 is 1.94 bits per heavy atom. The van der Waals surface area contributed by atoms with Crippen molar-refractivity contribution in [2.75, 3.05) is 12.8 Å². The molecule has 4 nitrogen and oxygen atoms in total. The van der Waals surface area contributed by atoms with Gasteiger partial charge in [-0.3, -0.25) is 0 Å². The average molecular weight is 214 g/mol. The molecule has 0 saturated carbocycles. The maximum atomic E-state index is 5.59. The largest absolute Gasteiger partial charge is 0.399 e. The van der Waals surface area contributed by atoms with Gasteiger partial charge in [-0.05, 0) is 36.4 Å². The SMILES string of the molecule is CN1C=CC=CC1N=Nc1ccc(N)cc1. The lowest BCUT2D eigenvalue weighted by atomic mass is 10.3. The number of benzene rings is 1. The highest BCUT2D eigenvalue weighted by Crippen LogP contribution is 2.16. The van der Waals surface area contributed by atoms with Crippen LogP contribution in [0.5, 0.6) is 0 Å². The molecule has 1 aromatic carbocycles. The third-order valence-corrected chi connectivity index (χ3v) is 2.32. The van der Waals surface area contributed by atoms with Crippen LogP contribution in [0.3, 0.4) is 0 Å². The Morgan fingerprint density at radius 3 is 2.62 bits per heavy atom. The molecule has 4 heteroatoms. The Balaban J connectivity index is 2.06. The summed E-state index contributed by atoms with van der Waals surface area (Å²) in [6.45, 7) is 0. The van der Waals surface area contributed by atoms with E-state index in [9.17, 15) is 0 Å². The van der Waals surface area contributed by atoms with E-state index in [1.807, 2.05) is 60.6 Å². The van der Waals surface area contributed by atoms with E-state index in [-0.39, 0.29) is 6.17 Å². The van der Waals surface area contributed by atoms with E-state index in [4.69, 9.17) is 5.73 Å².